The molecule has 2 heterocycles. The summed E-state index contributed by atoms with van der Waals surface area (Å²) in [7, 11) is 1.73. The Kier molecular flexibility index (Phi) is 4.22. The molecule has 2 aromatic rings. The van der Waals surface area contributed by atoms with Gasteiger partial charge in [0.15, 0.2) is 0 Å². The summed E-state index contributed by atoms with van der Waals surface area (Å²) in [6.07, 6.45) is 1.39. The normalized spacial score (nSPS) is 10.4. The van der Waals surface area contributed by atoms with Crippen molar-refractivity contribution >= 4 is 40.4 Å². The summed E-state index contributed by atoms with van der Waals surface area (Å²) in [5.41, 5.74) is 0.371. The Hall–Kier alpha value is -1.10. The van der Waals surface area contributed by atoms with Gasteiger partial charge in [-0.25, -0.2) is 4.98 Å². The monoisotopic (exact) mass is 300 g/mol. The number of carbonyl (C=O) groups is 1. The van der Waals surface area contributed by atoms with Crippen LogP contribution in [0.2, 0.25) is 10.2 Å². The number of nitrogens with zero attached hydrogens (tertiary/aromatic N) is 2. The molecule has 0 aliphatic rings. The van der Waals surface area contributed by atoms with Crippen LogP contribution in [0.25, 0.3) is 0 Å². The quantitative estimate of drug-likeness (QED) is 0.809. The zero-order valence-corrected chi connectivity index (χ0v) is 11.9. The van der Waals surface area contributed by atoms with Crippen molar-refractivity contribution in [1.82, 2.24) is 9.88 Å². The molecule has 0 spiro atoms. The molecule has 0 aliphatic heterocycles. The molecule has 0 saturated heterocycles. The van der Waals surface area contributed by atoms with Crippen molar-refractivity contribution in [2.75, 3.05) is 7.05 Å². The predicted molar refractivity (Wildman–Crippen MR) is 74.4 cm³/mol. The molecule has 0 aliphatic carbocycles. The van der Waals surface area contributed by atoms with Crippen LogP contribution in [0, 0.1) is 0 Å². The SMILES string of the molecule is CN(Cc1cccs1)C(=O)c1cc(Cl)ncc1Cl. The van der Waals surface area contributed by atoms with Gasteiger partial charge in [0.2, 0.25) is 0 Å². The van der Waals surface area contributed by atoms with E-state index in [-0.39, 0.29) is 11.1 Å². The second-order valence-corrected chi connectivity index (χ2v) is 5.55. The Labute approximate surface area is 119 Å². The van der Waals surface area contributed by atoms with Gasteiger partial charge < -0.3 is 4.90 Å². The number of hydrogen-bond acceptors (Lipinski definition) is 3. The fourth-order valence-corrected chi connectivity index (χ4v) is 2.59. The van der Waals surface area contributed by atoms with Crippen LogP contribution in [0.4, 0.5) is 0 Å². The van der Waals surface area contributed by atoms with Gasteiger partial charge in [0.05, 0.1) is 17.1 Å². The second kappa shape index (κ2) is 5.69. The minimum Gasteiger partial charge on any atom is -0.337 e. The molecule has 1 amide bonds. The standard InChI is InChI=1S/C12H10Cl2N2OS/c1-16(7-8-3-2-4-18-8)12(17)9-5-11(14)15-6-10(9)13/h2-6H,7H2,1H3. The number of thiophene rings is 1. The fourth-order valence-electron chi connectivity index (χ4n) is 1.49. The topological polar surface area (TPSA) is 33.2 Å². The maximum absolute atomic E-state index is 12.2. The van der Waals surface area contributed by atoms with Gasteiger partial charge in [-0.05, 0) is 17.5 Å². The Morgan fingerprint density at radius 3 is 2.94 bits per heavy atom. The minimum atomic E-state index is -0.169. The highest BCUT2D eigenvalue weighted by molar-refractivity contribution is 7.09. The third-order valence-electron chi connectivity index (χ3n) is 2.37. The highest BCUT2D eigenvalue weighted by Crippen LogP contribution is 2.20. The van der Waals surface area contributed by atoms with Crippen molar-refractivity contribution in [3.8, 4) is 0 Å². The largest absolute Gasteiger partial charge is 0.337 e. The molecule has 0 unspecified atom stereocenters. The van der Waals surface area contributed by atoms with E-state index in [9.17, 15) is 4.79 Å². The molecule has 0 atom stereocenters. The molecule has 0 bridgehead atoms. The zero-order valence-electron chi connectivity index (χ0n) is 9.56. The van der Waals surface area contributed by atoms with E-state index in [0.717, 1.165) is 4.88 Å². The van der Waals surface area contributed by atoms with Crippen molar-refractivity contribution in [3.63, 3.8) is 0 Å². The summed E-state index contributed by atoms with van der Waals surface area (Å²) in [4.78, 5) is 18.7. The summed E-state index contributed by atoms with van der Waals surface area (Å²) in [6.45, 7) is 0.548. The highest BCUT2D eigenvalue weighted by atomic mass is 35.5. The van der Waals surface area contributed by atoms with E-state index >= 15 is 0 Å². The van der Waals surface area contributed by atoms with Crippen LogP contribution in [-0.4, -0.2) is 22.8 Å². The zero-order chi connectivity index (χ0) is 13.1. The number of hydrogen-bond donors (Lipinski definition) is 0. The van der Waals surface area contributed by atoms with Crippen molar-refractivity contribution < 1.29 is 4.79 Å². The Bertz CT molecular complexity index is 557. The van der Waals surface area contributed by atoms with Crippen molar-refractivity contribution in [2.45, 2.75) is 6.54 Å². The van der Waals surface area contributed by atoms with Crippen LogP contribution in [0.3, 0.4) is 0 Å². The van der Waals surface area contributed by atoms with Crippen LogP contribution in [0.15, 0.2) is 29.8 Å². The molecule has 0 N–H and O–H groups in total. The molecule has 2 aromatic heterocycles. The highest BCUT2D eigenvalue weighted by Gasteiger charge is 2.16. The molecule has 18 heavy (non-hydrogen) atoms. The Balaban J connectivity index is 2.17. The number of pyridine rings is 1. The van der Waals surface area contributed by atoms with Gasteiger partial charge in [0.25, 0.3) is 5.91 Å². The van der Waals surface area contributed by atoms with Crippen molar-refractivity contribution in [2.24, 2.45) is 0 Å². The average molecular weight is 301 g/mol. The number of aromatic nitrogens is 1. The van der Waals surface area contributed by atoms with Gasteiger partial charge in [-0.15, -0.1) is 11.3 Å². The van der Waals surface area contributed by atoms with Crippen LogP contribution in [0.5, 0.6) is 0 Å². The van der Waals surface area contributed by atoms with Crippen LogP contribution < -0.4 is 0 Å². The summed E-state index contributed by atoms with van der Waals surface area (Å²) in [6, 6.07) is 5.42. The first kappa shape index (κ1) is 13.3. The average Bonchev–Trinajstić information content (AvgIpc) is 2.84. The summed E-state index contributed by atoms with van der Waals surface area (Å²) < 4.78 is 0. The molecule has 0 radical (unpaired) electrons. The van der Waals surface area contributed by atoms with Gasteiger partial charge in [-0.1, -0.05) is 29.3 Å². The lowest BCUT2D eigenvalue weighted by molar-refractivity contribution is 0.0786. The summed E-state index contributed by atoms with van der Waals surface area (Å²) in [5.74, 6) is -0.169. The minimum absolute atomic E-state index is 0.169. The molecule has 6 heteroatoms. The number of rotatable bonds is 3. The fraction of sp³-hybridized carbons (Fsp3) is 0.167. The van der Waals surface area contributed by atoms with E-state index in [1.165, 1.54) is 12.3 Å². The third kappa shape index (κ3) is 3.02. The summed E-state index contributed by atoms with van der Waals surface area (Å²) >= 11 is 13.3. The number of amides is 1. The van der Waals surface area contributed by atoms with Gasteiger partial charge in [-0.3, -0.25) is 4.79 Å². The second-order valence-electron chi connectivity index (χ2n) is 3.73. The predicted octanol–water partition coefficient (Wildman–Crippen LogP) is 3.72. The van der Waals surface area contributed by atoms with E-state index in [4.69, 9.17) is 23.2 Å². The first-order chi connectivity index (χ1) is 8.58. The van der Waals surface area contributed by atoms with Crippen LogP contribution in [-0.2, 0) is 6.54 Å². The van der Waals surface area contributed by atoms with Gasteiger partial charge in [-0.2, -0.15) is 0 Å². The van der Waals surface area contributed by atoms with Crippen molar-refractivity contribution in [1.29, 1.82) is 0 Å². The Morgan fingerprint density at radius 2 is 2.28 bits per heavy atom. The maximum Gasteiger partial charge on any atom is 0.255 e. The van der Waals surface area contributed by atoms with E-state index in [1.807, 2.05) is 17.5 Å². The van der Waals surface area contributed by atoms with E-state index < -0.39 is 0 Å². The van der Waals surface area contributed by atoms with Gasteiger partial charge in [0.1, 0.15) is 5.15 Å². The third-order valence-corrected chi connectivity index (χ3v) is 3.74. The number of halogens is 2. The molecule has 94 valence electrons. The van der Waals surface area contributed by atoms with Crippen molar-refractivity contribution in [3.05, 3.63) is 50.4 Å². The molecular formula is C12H10Cl2N2OS. The molecule has 0 aromatic carbocycles. The molecule has 3 nitrogen and oxygen atoms in total. The lowest BCUT2D eigenvalue weighted by Crippen LogP contribution is -2.26. The van der Waals surface area contributed by atoms with Gasteiger partial charge >= 0.3 is 0 Å². The summed E-state index contributed by atoms with van der Waals surface area (Å²) in [5, 5.41) is 2.54. The molecular weight excluding hydrogens is 291 g/mol. The first-order valence-electron chi connectivity index (χ1n) is 5.17. The van der Waals surface area contributed by atoms with Crippen LogP contribution in [0.1, 0.15) is 15.2 Å². The molecule has 0 fully saturated rings. The van der Waals surface area contributed by atoms with E-state index in [1.54, 1.807) is 23.3 Å². The lowest BCUT2D eigenvalue weighted by atomic mass is 10.2. The smallest absolute Gasteiger partial charge is 0.255 e. The van der Waals surface area contributed by atoms with Crippen LogP contribution >= 0.6 is 34.5 Å². The number of carbonyl (C=O) groups excluding carboxylic acids is 1. The maximum atomic E-state index is 12.2. The molecule has 0 saturated carbocycles. The Morgan fingerprint density at radius 1 is 1.50 bits per heavy atom. The van der Waals surface area contributed by atoms with E-state index in [2.05, 4.69) is 4.98 Å². The van der Waals surface area contributed by atoms with Gasteiger partial charge in [0, 0.05) is 18.1 Å². The molecule has 2 rings (SSSR count). The first-order valence-corrected chi connectivity index (χ1v) is 6.80. The van der Waals surface area contributed by atoms with E-state index in [0.29, 0.717) is 17.1 Å². The lowest BCUT2D eigenvalue weighted by Gasteiger charge is -2.17.